The Kier molecular flexibility index (Phi) is 24.3. The first-order valence-electron chi connectivity index (χ1n) is 23.8. The van der Waals surface area contributed by atoms with Crippen LogP contribution in [0.2, 0.25) is 0 Å². The van der Waals surface area contributed by atoms with Crippen LogP contribution in [0, 0.1) is 6.92 Å². The first kappa shape index (κ1) is 57.6. The standard InChI is InChI=1S/C48H72N13O8PS/c1-3-53-47(68)56-41(46(66)67)6-4-5-19-61(28-37-9-7-34(2)8-10-37)45(65)38-15-11-36(12-16-38)27-54-48(71)55-39-17-13-35(14-18-39)26-40-29-59(33-70(52)69)23-22-57(30-42(49)62)20-21-58(31-43(50)63)24-25-60(40)32-44(51)64/h7-18,40-41,70H,3-6,19-33H2,1-2H3,(H2,49,62)(H2,50,63)(H2,51,64)(H2,52,69)(H,66,67)(H2,53,56,68)(H2,54,55,71). The highest BCUT2D eigenvalue weighted by molar-refractivity contribution is 7.80. The van der Waals surface area contributed by atoms with E-state index in [-0.39, 0.29) is 44.3 Å². The Morgan fingerprint density at radius 1 is 0.761 bits per heavy atom. The summed E-state index contributed by atoms with van der Waals surface area (Å²) in [6.45, 7) is 7.98. The average molecular weight is 1020 g/mol. The molecule has 1 fully saturated rings. The van der Waals surface area contributed by atoms with Gasteiger partial charge in [-0.25, -0.2) is 9.59 Å². The number of benzene rings is 3. The van der Waals surface area contributed by atoms with Gasteiger partial charge < -0.3 is 53.0 Å². The summed E-state index contributed by atoms with van der Waals surface area (Å²) in [5.41, 5.74) is 27.9. The largest absolute Gasteiger partial charge is 0.480 e. The number of primary amides is 3. The van der Waals surface area contributed by atoms with E-state index < -0.39 is 43.7 Å². The number of carbonyl (C=O) groups is 6. The molecule has 0 spiro atoms. The van der Waals surface area contributed by atoms with Gasteiger partial charge in [0.1, 0.15) is 14.0 Å². The number of nitrogens with one attached hydrogen (secondary N) is 4. The van der Waals surface area contributed by atoms with Crippen LogP contribution in [0.15, 0.2) is 72.8 Å². The Labute approximate surface area is 422 Å². The van der Waals surface area contributed by atoms with E-state index in [1.165, 1.54) is 0 Å². The average Bonchev–Trinajstić information content (AvgIpc) is 3.30. The second-order valence-corrected chi connectivity index (χ2v) is 19.4. The number of nitrogens with two attached hydrogens (primary N) is 4. The van der Waals surface area contributed by atoms with Crippen molar-refractivity contribution in [3.8, 4) is 0 Å². The SMILES string of the molecule is CCNC(=O)NC(CCCCN(Cc1ccc(C)cc1)C(=O)c1ccc(CNC(=S)Nc2ccc(CC3CN(C[PH](N)=O)CCN(CC(N)=O)CCN(CC(N)=O)CCN3CC(N)=O)cc2)cc1)C(=O)O. The molecule has 1 aliphatic rings. The summed E-state index contributed by atoms with van der Waals surface area (Å²) in [4.78, 5) is 83.5. The van der Waals surface area contributed by atoms with Crippen molar-refractivity contribution in [2.24, 2.45) is 22.7 Å². The maximum atomic E-state index is 13.9. The molecule has 6 amide bonds. The highest BCUT2D eigenvalue weighted by atomic mass is 32.1. The van der Waals surface area contributed by atoms with Gasteiger partial charge in [-0.1, -0.05) is 54.1 Å². The van der Waals surface area contributed by atoms with Gasteiger partial charge in [0.05, 0.1) is 25.9 Å². The van der Waals surface area contributed by atoms with E-state index >= 15 is 0 Å². The highest BCUT2D eigenvalue weighted by Crippen LogP contribution is 2.19. The van der Waals surface area contributed by atoms with E-state index in [1.54, 1.807) is 24.0 Å². The maximum absolute atomic E-state index is 13.9. The highest BCUT2D eigenvalue weighted by Gasteiger charge is 2.27. The predicted molar refractivity (Wildman–Crippen MR) is 279 cm³/mol. The van der Waals surface area contributed by atoms with Gasteiger partial charge in [-0.15, -0.1) is 0 Å². The summed E-state index contributed by atoms with van der Waals surface area (Å²) in [6.07, 6.45) is 1.83. The Morgan fingerprint density at radius 3 is 1.89 bits per heavy atom. The summed E-state index contributed by atoms with van der Waals surface area (Å²) in [7, 11) is -2.43. The lowest BCUT2D eigenvalue weighted by molar-refractivity contribution is -0.139. The molecule has 3 unspecified atom stereocenters. The number of anilines is 1. The fourth-order valence-electron chi connectivity index (χ4n) is 8.22. The van der Waals surface area contributed by atoms with E-state index in [0.29, 0.717) is 102 Å². The van der Waals surface area contributed by atoms with Crippen LogP contribution in [0.4, 0.5) is 10.5 Å². The molecular formula is C48H72N13O8PS. The van der Waals surface area contributed by atoms with Crippen molar-refractivity contribution in [3.05, 3.63) is 101 Å². The predicted octanol–water partition coefficient (Wildman–Crippen LogP) is 1.05. The zero-order valence-corrected chi connectivity index (χ0v) is 42.6. The van der Waals surface area contributed by atoms with Crippen molar-refractivity contribution in [1.29, 1.82) is 0 Å². The number of amides is 6. The van der Waals surface area contributed by atoms with Crippen LogP contribution in [-0.4, -0.2) is 167 Å². The molecule has 23 heteroatoms. The number of aryl methyl sites for hydroxylation is 1. The molecule has 0 aliphatic carbocycles. The number of nitrogens with zero attached hydrogens (tertiary/aromatic N) is 5. The van der Waals surface area contributed by atoms with Gasteiger partial charge in [0.15, 0.2) is 5.11 Å². The monoisotopic (exact) mass is 1020 g/mol. The van der Waals surface area contributed by atoms with E-state index in [1.807, 2.05) is 87.2 Å². The number of carboxylic acid groups (broad SMARTS) is 1. The summed E-state index contributed by atoms with van der Waals surface area (Å²) in [6, 6.07) is 21.0. The van der Waals surface area contributed by atoms with Crippen molar-refractivity contribution in [1.82, 2.24) is 40.4 Å². The third kappa shape index (κ3) is 21.9. The van der Waals surface area contributed by atoms with Crippen LogP contribution in [0.5, 0.6) is 0 Å². The van der Waals surface area contributed by atoms with Gasteiger partial charge in [-0.05, 0) is 92.7 Å². The Bertz CT molecular complexity index is 2260. The molecule has 0 radical (unpaired) electrons. The second-order valence-electron chi connectivity index (χ2n) is 17.8. The second kappa shape index (κ2) is 30.0. The molecule has 0 aromatic heterocycles. The number of rotatable bonds is 24. The van der Waals surface area contributed by atoms with Gasteiger partial charge in [0, 0.05) is 89.3 Å². The molecule has 21 nitrogen and oxygen atoms in total. The molecule has 3 atom stereocenters. The van der Waals surface area contributed by atoms with Crippen LogP contribution in [0.25, 0.3) is 0 Å². The van der Waals surface area contributed by atoms with Crippen molar-refractivity contribution in [2.45, 2.75) is 64.7 Å². The number of thiocarbonyl (C=S) groups is 1. The molecule has 0 bridgehead atoms. The zero-order valence-electron chi connectivity index (χ0n) is 40.8. The van der Waals surface area contributed by atoms with Crippen LogP contribution in [-0.2, 0) is 43.3 Å². The molecule has 1 aliphatic heterocycles. The van der Waals surface area contributed by atoms with Crippen LogP contribution < -0.4 is 44.0 Å². The van der Waals surface area contributed by atoms with Crippen LogP contribution >= 0.6 is 20.2 Å². The number of carboxylic acids is 1. The lowest BCUT2D eigenvalue weighted by Crippen LogP contribution is -2.53. The minimum atomic E-state index is -2.43. The lowest BCUT2D eigenvalue weighted by atomic mass is 10.0. The first-order valence-corrected chi connectivity index (χ1v) is 25.9. The van der Waals surface area contributed by atoms with Gasteiger partial charge in [-0.2, -0.15) is 0 Å². The van der Waals surface area contributed by atoms with Crippen LogP contribution in [0.1, 0.15) is 58.8 Å². The maximum Gasteiger partial charge on any atom is 0.326 e. The molecule has 1 saturated heterocycles. The van der Waals surface area contributed by atoms with Gasteiger partial charge >= 0.3 is 12.0 Å². The van der Waals surface area contributed by atoms with Crippen molar-refractivity contribution >= 4 is 66.6 Å². The number of urea groups is 1. The third-order valence-corrected chi connectivity index (χ3v) is 12.9. The van der Waals surface area contributed by atoms with Gasteiger partial charge in [0.2, 0.25) is 17.7 Å². The topological polar surface area (TPSA) is 308 Å². The molecule has 388 valence electrons. The third-order valence-electron chi connectivity index (χ3n) is 11.9. The number of hydrogen-bond acceptors (Lipinski definition) is 12. The zero-order chi connectivity index (χ0) is 51.9. The van der Waals surface area contributed by atoms with E-state index in [4.69, 9.17) is 34.9 Å². The van der Waals surface area contributed by atoms with E-state index in [2.05, 4.69) is 21.3 Å². The Hall–Kier alpha value is -6.00. The summed E-state index contributed by atoms with van der Waals surface area (Å²) >= 11 is 5.63. The Morgan fingerprint density at radius 2 is 1.32 bits per heavy atom. The Balaban J connectivity index is 1.39. The number of carbonyl (C=O) groups excluding carboxylic acids is 5. The minimum absolute atomic E-state index is 0.00333. The fourth-order valence-corrected chi connectivity index (χ4v) is 9.13. The van der Waals surface area contributed by atoms with Gasteiger partial charge in [0.25, 0.3) is 5.91 Å². The fraction of sp³-hybridized carbons (Fsp3) is 0.479. The first-order chi connectivity index (χ1) is 33.9. The normalized spacial score (nSPS) is 16.3. The molecule has 4 rings (SSSR count). The molecule has 1 heterocycles. The summed E-state index contributed by atoms with van der Waals surface area (Å²) in [5, 5.41) is 21.5. The number of unbranched alkanes of at least 4 members (excludes halogenated alkanes) is 1. The van der Waals surface area contributed by atoms with Crippen LogP contribution in [0.3, 0.4) is 0 Å². The lowest BCUT2D eigenvalue weighted by Gasteiger charge is -2.38. The number of aliphatic carboxylic acids is 1. The molecule has 3 aromatic rings. The quantitative estimate of drug-likeness (QED) is 0.0344. The molecule has 71 heavy (non-hydrogen) atoms. The van der Waals surface area contributed by atoms with Crippen molar-refractivity contribution in [2.75, 3.05) is 90.1 Å². The summed E-state index contributed by atoms with van der Waals surface area (Å²) in [5.74, 6) is -2.82. The molecule has 13 N–H and O–H groups in total. The van der Waals surface area contributed by atoms with Crippen molar-refractivity contribution in [3.63, 3.8) is 0 Å². The van der Waals surface area contributed by atoms with E-state index in [9.17, 15) is 38.4 Å². The minimum Gasteiger partial charge on any atom is -0.480 e. The van der Waals surface area contributed by atoms with Crippen molar-refractivity contribution < 1.29 is 38.4 Å². The molecule has 0 saturated carbocycles. The number of hydrogen-bond donors (Lipinski definition) is 9. The smallest absolute Gasteiger partial charge is 0.326 e. The van der Waals surface area contributed by atoms with E-state index in [0.717, 1.165) is 27.9 Å². The molecule has 3 aromatic carbocycles. The summed E-state index contributed by atoms with van der Waals surface area (Å²) < 4.78 is 12.4. The van der Waals surface area contributed by atoms with Gasteiger partial charge in [-0.3, -0.25) is 44.3 Å². The molecular weight excluding hydrogens is 950 g/mol.